The van der Waals surface area contributed by atoms with Crippen LogP contribution in [-0.2, 0) is 0 Å². The van der Waals surface area contributed by atoms with Gasteiger partial charge in [-0.25, -0.2) is 0 Å². The molecular weight excluding hydrogens is 556 g/mol. The predicted octanol–water partition coefficient (Wildman–Crippen LogP) is 4.20. The molecule has 8 heavy (non-hydrogen) atoms. The van der Waals surface area contributed by atoms with Crippen molar-refractivity contribution in [3.8, 4) is 0 Å². The first-order valence-electron chi connectivity index (χ1n) is 1.51. The van der Waals surface area contributed by atoms with E-state index in [0.29, 0.717) is 0 Å². The van der Waals surface area contributed by atoms with Crippen LogP contribution in [0.2, 0.25) is 0 Å². The molecule has 0 N–H and O–H groups in total. The van der Waals surface area contributed by atoms with E-state index in [0.717, 1.165) is 0 Å². The van der Waals surface area contributed by atoms with E-state index >= 15 is 0 Å². The van der Waals surface area contributed by atoms with Crippen molar-refractivity contribution in [2.75, 3.05) is 19.7 Å². The van der Waals surface area contributed by atoms with Gasteiger partial charge in [0.05, 0.1) is 0 Å². The highest BCUT2D eigenvalue weighted by Crippen LogP contribution is 1.49. The maximum Gasteiger partial charge on any atom is -0.0121 e. The molecule has 0 fully saturated rings. The van der Waals surface area contributed by atoms with E-state index in [9.17, 15) is 0 Å². The van der Waals surface area contributed by atoms with Crippen molar-refractivity contribution < 1.29 is 0 Å². The summed E-state index contributed by atoms with van der Waals surface area (Å²) in [7, 11) is 0. The third kappa shape index (κ3) is 65.6. The van der Waals surface area contributed by atoms with Gasteiger partial charge < -0.3 is 0 Å². The Morgan fingerprint density at radius 2 is 0.375 bits per heavy atom. The number of rotatable bonds is 0. The van der Waals surface area contributed by atoms with Gasteiger partial charge in [-0.2, -0.15) is 0 Å². The third-order valence-electron chi connectivity index (χ3n) is 0. The second kappa shape index (κ2) is 92.6. The van der Waals surface area contributed by atoms with Crippen LogP contribution in [0, 0.1) is 0 Å². The quantitative estimate of drug-likeness (QED) is 0.304. The Morgan fingerprint density at radius 3 is 0.375 bits per heavy atom. The first kappa shape index (κ1) is 22.4. The summed E-state index contributed by atoms with van der Waals surface area (Å²) in [6.07, 6.45) is 0. The molecule has 0 aliphatic carbocycles. The first-order valence-corrected chi connectivity index (χ1v) is 10.1. The maximum atomic E-state index is 2.15. The Hall–Kier alpha value is 2.92. The van der Waals surface area contributed by atoms with Crippen LogP contribution >= 0.6 is 90.4 Å². The van der Waals surface area contributed by atoms with Crippen LogP contribution in [0.1, 0.15) is 0 Å². The van der Waals surface area contributed by atoms with Crippen molar-refractivity contribution in [2.24, 2.45) is 0 Å². The molecule has 0 aliphatic rings. The van der Waals surface area contributed by atoms with Crippen LogP contribution < -0.4 is 0 Å². The molecule has 0 atom stereocenters. The summed E-state index contributed by atoms with van der Waals surface area (Å²) in [6.45, 7) is 0. The van der Waals surface area contributed by atoms with Crippen LogP contribution in [0.15, 0.2) is 0 Å². The fourth-order valence-corrected chi connectivity index (χ4v) is 0. The van der Waals surface area contributed by atoms with Gasteiger partial charge in [0.1, 0.15) is 0 Å². The van der Waals surface area contributed by atoms with Gasteiger partial charge in [-0.05, 0) is 19.7 Å². The highest BCUT2D eigenvalue weighted by atomic mass is 127. The van der Waals surface area contributed by atoms with Crippen molar-refractivity contribution in [1.82, 2.24) is 0 Å². The standard InChI is InChI=1S/4CH3I/c4*1-2/h4*1H3. The zero-order valence-corrected chi connectivity index (χ0v) is 14.1. The molecule has 0 radical (unpaired) electrons. The summed E-state index contributed by atoms with van der Waals surface area (Å²) in [6, 6.07) is 0. The van der Waals surface area contributed by atoms with Crippen molar-refractivity contribution in [2.45, 2.75) is 0 Å². The van der Waals surface area contributed by atoms with E-state index in [1.54, 1.807) is 0 Å². The monoisotopic (exact) mass is 568 g/mol. The second-order valence-corrected chi connectivity index (χ2v) is 0. The smallest absolute Gasteiger partial charge is 0.0121 e. The van der Waals surface area contributed by atoms with Crippen LogP contribution in [0.25, 0.3) is 0 Å². The largest absolute Gasteiger partial charge is 0.0901 e. The second-order valence-electron chi connectivity index (χ2n) is 0. The molecule has 4 heteroatoms. The molecule has 0 heterocycles. The lowest BCUT2D eigenvalue weighted by Crippen LogP contribution is -0.798. The molecule has 0 rings (SSSR count). The number of hydrogen-bond donors (Lipinski definition) is 0. The summed E-state index contributed by atoms with van der Waals surface area (Å²) in [5.41, 5.74) is 0. The molecule has 0 spiro atoms. The summed E-state index contributed by atoms with van der Waals surface area (Å²) in [5, 5.41) is 0. The fraction of sp³-hybridized carbons (Fsp3) is 1.00. The van der Waals surface area contributed by atoms with Crippen molar-refractivity contribution >= 4 is 90.4 Å². The minimum absolute atomic E-state index is 1.97. The molecule has 0 amide bonds. The number of halogens is 4. The van der Waals surface area contributed by atoms with E-state index in [1.807, 2.05) is 19.7 Å². The molecule has 0 aliphatic heterocycles. The Kier molecular flexibility index (Phi) is 260. The SMILES string of the molecule is CI.CI.CI.CI. The van der Waals surface area contributed by atoms with Gasteiger partial charge >= 0.3 is 0 Å². The van der Waals surface area contributed by atoms with Gasteiger partial charge in [0.25, 0.3) is 0 Å². The minimum atomic E-state index is 1.97. The normalized spacial score (nSPS) is 3.00. The van der Waals surface area contributed by atoms with Gasteiger partial charge in [0.15, 0.2) is 0 Å². The summed E-state index contributed by atoms with van der Waals surface area (Å²) < 4.78 is 0. The Labute approximate surface area is 108 Å². The molecule has 0 saturated carbocycles. The summed E-state index contributed by atoms with van der Waals surface area (Å²) in [5.74, 6) is 0. The van der Waals surface area contributed by atoms with Crippen molar-refractivity contribution in [1.29, 1.82) is 0 Å². The maximum absolute atomic E-state index is 2.15. The van der Waals surface area contributed by atoms with Crippen LogP contribution in [0.5, 0.6) is 0 Å². The zero-order chi connectivity index (χ0) is 8.00. The average Bonchev–Trinajstić information content (AvgIpc) is 2.03. The van der Waals surface area contributed by atoms with E-state index < -0.39 is 0 Å². The Bertz CT molecular complexity index is 8.00. The zero-order valence-electron chi connectivity index (χ0n) is 5.51. The fourth-order valence-electron chi connectivity index (χ4n) is 0. The summed E-state index contributed by atoms with van der Waals surface area (Å²) in [4.78, 5) is 7.88. The van der Waals surface area contributed by atoms with Crippen LogP contribution in [0.4, 0.5) is 0 Å². The highest BCUT2D eigenvalue weighted by molar-refractivity contribution is 14.1. The predicted molar refractivity (Wildman–Crippen MR) is 79.8 cm³/mol. The van der Waals surface area contributed by atoms with Gasteiger partial charge in [-0.15, -0.1) is 0 Å². The van der Waals surface area contributed by atoms with Crippen molar-refractivity contribution in [3.63, 3.8) is 0 Å². The molecule has 0 bridgehead atoms. The van der Waals surface area contributed by atoms with E-state index in [-0.39, 0.29) is 0 Å². The lowest BCUT2D eigenvalue weighted by atomic mass is 12.0. The molecule has 0 saturated heterocycles. The molecule has 56 valence electrons. The van der Waals surface area contributed by atoms with Gasteiger partial charge in [-0.3, -0.25) is 0 Å². The molecule has 0 aromatic heterocycles. The molecule has 0 aromatic rings. The number of alkyl halides is 4. The number of hydrogen-bond acceptors (Lipinski definition) is 0. The Balaban J connectivity index is -0.0000000133. The Morgan fingerprint density at radius 1 is 0.375 bits per heavy atom. The lowest BCUT2D eigenvalue weighted by molar-refractivity contribution is 2.66. The molecule has 0 nitrogen and oxygen atoms in total. The lowest BCUT2D eigenvalue weighted by Gasteiger charge is -1.05. The summed E-state index contributed by atoms with van der Waals surface area (Å²) >= 11 is 8.60. The minimum Gasteiger partial charge on any atom is -0.0901 e. The van der Waals surface area contributed by atoms with Crippen LogP contribution in [0.3, 0.4) is 0 Å². The highest BCUT2D eigenvalue weighted by Gasteiger charge is 0.956. The average molecular weight is 568 g/mol. The van der Waals surface area contributed by atoms with E-state index in [1.165, 1.54) is 0 Å². The van der Waals surface area contributed by atoms with Gasteiger partial charge in [0, 0.05) is 0 Å². The topological polar surface area (TPSA) is 0 Å². The van der Waals surface area contributed by atoms with Crippen LogP contribution in [-0.4, -0.2) is 19.7 Å². The molecule has 0 unspecified atom stereocenters. The third-order valence-corrected chi connectivity index (χ3v) is 0. The van der Waals surface area contributed by atoms with Crippen molar-refractivity contribution in [3.05, 3.63) is 0 Å². The van der Waals surface area contributed by atoms with Gasteiger partial charge in [0.2, 0.25) is 0 Å². The van der Waals surface area contributed by atoms with E-state index in [4.69, 9.17) is 0 Å². The first-order chi connectivity index (χ1) is 4.00. The van der Waals surface area contributed by atoms with Gasteiger partial charge in [-0.1, -0.05) is 90.4 Å². The molecular formula is C4H12I4. The van der Waals surface area contributed by atoms with E-state index in [2.05, 4.69) is 90.4 Å². The molecule has 0 aromatic carbocycles.